The zero-order valence-corrected chi connectivity index (χ0v) is 15.6. The zero-order chi connectivity index (χ0) is 16.1. The normalized spacial score (nSPS) is 12.0. The van der Waals surface area contributed by atoms with Crippen LogP contribution in [0.1, 0.15) is 18.1 Å². The van der Waals surface area contributed by atoms with E-state index in [2.05, 4.69) is 33.4 Å². The van der Waals surface area contributed by atoms with E-state index in [1.54, 1.807) is 11.8 Å². The summed E-state index contributed by atoms with van der Waals surface area (Å²) in [5.74, 6) is 0.785. The summed E-state index contributed by atoms with van der Waals surface area (Å²) in [6.45, 7) is 3.81. The molecule has 1 atom stereocenters. The van der Waals surface area contributed by atoms with E-state index in [1.165, 1.54) is 5.56 Å². The summed E-state index contributed by atoms with van der Waals surface area (Å²) in [6, 6.07) is 13.6. The first-order valence-corrected chi connectivity index (χ1v) is 9.11. The van der Waals surface area contributed by atoms with E-state index in [4.69, 9.17) is 11.6 Å². The second kappa shape index (κ2) is 8.04. The molecule has 2 nitrogen and oxygen atoms in total. The molecule has 5 heteroatoms. The first-order valence-electron chi connectivity index (χ1n) is 6.89. The number of anilines is 1. The molecule has 0 saturated heterocycles. The van der Waals surface area contributed by atoms with Gasteiger partial charge < -0.3 is 5.32 Å². The Kier molecular flexibility index (Phi) is 6.36. The van der Waals surface area contributed by atoms with Gasteiger partial charge in [0.05, 0.1) is 5.25 Å². The largest absolute Gasteiger partial charge is 0.325 e. The summed E-state index contributed by atoms with van der Waals surface area (Å²) in [5, 5.41) is 3.46. The molecule has 1 amide bonds. The Morgan fingerprint density at radius 3 is 2.77 bits per heavy atom. The molecule has 116 valence electrons. The van der Waals surface area contributed by atoms with Gasteiger partial charge in [0.25, 0.3) is 0 Å². The summed E-state index contributed by atoms with van der Waals surface area (Å²) < 4.78 is 1.05. The van der Waals surface area contributed by atoms with E-state index in [9.17, 15) is 4.79 Å². The van der Waals surface area contributed by atoms with Crippen LogP contribution < -0.4 is 5.32 Å². The van der Waals surface area contributed by atoms with Gasteiger partial charge in [0.15, 0.2) is 0 Å². The highest BCUT2D eigenvalue weighted by atomic mass is 79.9. The summed E-state index contributed by atoms with van der Waals surface area (Å²) in [7, 11) is 0. The summed E-state index contributed by atoms with van der Waals surface area (Å²) in [4.78, 5) is 12.3. The van der Waals surface area contributed by atoms with Crippen molar-refractivity contribution in [2.24, 2.45) is 0 Å². The Hall–Kier alpha value is -0.970. The number of carbonyl (C=O) groups excluding carboxylic acids is 1. The summed E-state index contributed by atoms with van der Waals surface area (Å²) in [6.07, 6.45) is 0. The van der Waals surface area contributed by atoms with Crippen LogP contribution in [0.5, 0.6) is 0 Å². The molecule has 2 rings (SSSR count). The van der Waals surface area contributed by atoms with Gasteiger partial charge in [-0.15, -0.1) is 11.8 Å². The second-order valence-corrected chi connectivity index (χ2v) is 7.64. The van der Waals surface area contributed by atoms with E-state index >= 15 is 0 Å². The minimum Gasteiger partial charge on any atom is -0.325 e. The van der Waals surface area contributed by atoms with E-state index in [-0.39, 0.29) is 11.2 Å². The maximum atomic E-state index is 12.3. The standard InChI is InChI=1S/C17H17BrClNOS/c1-11-15(19)7-4-8-16(11)20-17(21)12(2)22-10-13-5-3-6-14(18)9-13/h3-9,12H,10H2,1-2H3,(H,20,21)/t12-/m1/s1. The van der Waals surface area contributed by atoms with Crippen LogP contribution in [0.4, 0.5) is 5.69 Å². The lowest BCUT2D eigenvalue weighted by Crippen LogP contribution is -2.23. The van der Waals surface area contributed by atoms with Crippen LogP contribution in [0, 0.1) is 6.92 Å². The predicted molar refractivity (Wildman–Crippen MR) is 99.7 cm³/mol. The Morgan fingerprint density at radius 1 is 1.32 bits per heavy atom. The first kappa shape index (κ1) is 17.4. The highest BCUT2D eigenvalue weighted by molar-refractivity contribution is 9.10. The van der Waals surface area contributed by atoms with Gasteiger partial charge in [-0.2, -0.15) is 0 Å². The van der Waals surface area contributed by atoms with Crippen molar-refractivity contribution in [3.63, 3.8) is 0 Å². The summed E-state index contributed by atoms with van der Waals surface area (Å²) >= 11 is 11.1. The van der Waals surface area contributed by atoms with Crippen molar-refractivity contribution in [2.75, 3.05) is 5.32 Å². The quantitative estimate of drug-likeness (QED) is 0.703. The molecule has 2 aromatic carbocycles. The second-order valence-electron chi connectivity index (χ2n) is 4.98. The molecule has 0 unspecified atom stereocenters. The molecule has 22 heavy (non-hydrogen) atoms. The number of hydrogen-bond donors (Lipinski definition) is 1. The van der Waals surface area contributed by atoms with E-state index < -0.39 is 0 Å². The number of rotatable bonds is 5. The van der Waals surface area contributed by atoms with Crippen LogP contribution in [0.2, 0.25) is 5.02 Å². The van der Waals surface area contributed by atoms with Gasteiger partial charge in [0.1, 0.15) is 0 Å². The van der Waals surface area contributed by atoms with Gasteiger partial charge in [-0.25, -0.2) is 0 Å². The molecule has 0 heterocycles. The highest BCUT2D eigenvalue weighted by Gasteiger charge is 2.15. The van der Waals surface area contributed by atoms with Crippen molar-refractivity contribution in [3.8, 4) is 0 Å². The van der Waals surface area contributed by atoms with Crippen LogP contribution in [0.3, 0.4) is 0 Å². The fraction of sp³-hybridized carbons (Fsp3) is 0.235. The van der Waals surface area contributed by atoms with Gasteiger partial charge in [-0.05, 0) is 49.2 Å². The maximum absolute atomic E-state index is 12.3. The number of benzene rings is 2. The van der Waals surface area contributed by atoms with Crippen LogP contribution in [-0.2, 0) is 10.5 Å². The molecular weight excluding hydrogens is 382 g/mol. The van der Waals surface area contributed by atoms with Crippen molar-refractivity contribution in [2.45, 2.75) is 24.9 Å². The Morgan fingerprint density at radius 2 is 2.05 bits per heavy atom. The molecule has 0 bridgehead atoms. The zero-order valence-electron chi connectivity index (χ0n) is 12.4. The third-order valence-electron chi connectivity index (χ3n) is 3.28. The van der Waals surface area contributed by atoms with E-state index in [1.807, 2.05) is 44.2 Å². The molecule has 0 aliphatic heterocycles. The molecule has 0 aromatic heterocycles. The fourth-order valence-electron chi connectivity index (χ4n) is 1.90. The number of carbonyl (C=O) groups is 1. The number of thioether (sulfide) groups is 1. The minimum atomic E-state index is -0.141. The SMILES string of the molecule is Cc1c(Cl)cccc1NC(=O)[C@@H](C)SCc1cccc(Br)c1. The van der Waals surface area contributed by atoms with Gasteiger partial charge in [-0.3, -0.25) is 4.79 Å². The van der Waals surface area contributed by atoms with Gasteiger partial charge in [-0.1, -0.05) is 45.7 Å². The molecule has 0 aliphatic rings. The maximum Gasteiger partial charge on any atom is 0.237 e. The van der Waals surface area contributed by atoms with Crippen LogP contribution >= 0.6 is 39.3 Å². The van der Waals surface area contributed by atoms with Crippen molar-refractivity contribution in [1.82, 2.24) is 0 Å². The van der Waals surface area contributed by atoms with Crippen molar-refractivity contribution < 1.29 is 4.79 Å². The third-order valence-corrected chi connectivity index (χ3v) is 5.40. The van der Waals surface area contributed by atoms with Gasteiger partial charge in [0, 0.05) is 20.9 Å². The molecule has 0 saturated carbocycles. The third kappa shape index (κ3) is 4.77. The minimum absolute atomic E-state index is 0.00892. The average Bonchev–Trinajstić information content (AvgIpc) is 2.49. The Balaban J connectivity index is 1.93. The van der Waals surface area contributed by atoms with Crippen LogP contribution in [-0.4, -0.2) is 11.2 Å². The molecule has 0 fully saturated rings. The van der Waals surface area contributed by atoms with Gasteiger partial charge >= 0.3 is 0 Å². The van der Waals surface area contributed by atoms with Gasteiger partial charge in [0.2, 0.25) is 5.91 Å². The average molecular weight is 399 g/mol. The predicted octanol–water partition coefficient (Wildman–Crippen LogP) is 5.67. The lowest BCUT2D eigenvalue weighted by Gasteiger charge is -2.14. The number of amides is 1. The lowest BCUT2D eigenvalue weighted by atomic mass is 10.2. The fourth-order valence-corrected chi connectivity index (χ4v) is 3.35. The molecule has 0 spiro atoms. The van der Waals surface area contributed by atoms with Crippen LogP contribution in [0.15, 0.2) is 46.9 Å². The lowest BCUT2D eigenvalue weighted by molar-refractivity contribution is -0.115. The van der Waals surface area contributed by atoms with Crippen molar-refractivity contribution in [3.05, 3.63) is 63.1 Å². The van der Waals surface area contributed by atoms with E-state index in [0.717, 1.165) is 21.5 Å². The molecule has 2 aromatic rings. The van der Waals surface area contributed by atoms with Crippen molar-refractivity contribution in [1.29, 1.82) is 0 Å². The molecule has 0 aliphatic carbocycles. The Bertz CT molecular complexity index is 677. The molecular formula is C17H17BrClNOS. The highest BCUT2D eigenvalue weighted by Crippen LogP contribution is 2.25. The summed E-state index contributed by atoms with van der Waals surface area (Å²) in [5.41, 5.74) is 2.85. The molecule has 1 N–H and O–H groups in total. The Labute approximate surface area is 148 Å². The number of halogens is 2. The number of nitrogens with one attached hydrogen (secondary N) is 1. The monoisotopic (exact) mass is 397 g/mol. The van der Waals surface area contributed by atoms with Crippen molar-refractivity contribution >= 4 is 50.9 Å². The first-order chi connectivity index (χ1) is 10.5. The topological polar surface area (TPSA) is 29.1 Å². The van der Waals surface area contributed by atoms with E-state index in [0.29, 0.717) is 5.02 Å². The number of hydrogen-bond acceptors (Lipinski definition) is 2. The molecule has 0 radical (unpaired) electrons. The smallest absolute Gasteiger partial charge is 0.237 e. The van der Waals surface area contributed by atoms with Crippen LogP contribution in [0.25, 0.3) is 0 Å².